The molecule has 8 nitrogen and oxygen atoms in total. The second-order valence-corrected chi connectivity index (χ2v) is 8.45. The van der Waals surface area contributed by atoms with E-state index in [0.717, 1.165) is 43.4 Å². The van der Waals surface area contributed by atoms with Crippen molar-refractivity contribution in [1.82, 2.24) is 23.8 Å². The van der Waals surface area contributed by atoms with Crippen LogP contribution in [0, 0.1) is 5.92 Å². The summed E-state index contributed by atoms with van der Waals surface area (Å²) in [6, 6.07) is 10.5. The largest absolute Gasteiger partial charge is 0.462 e. The molecule has 0 N–H and O–H groups in total. The summed E-state index contributed by atoms with van der Waals surface area (Å²) in [5, 5.41) is 0.912. The third-order valence-electron chi connectivity index (χ3n) is 5.25. The summed E-state index contributed by atoms with van der Waals surface area (Å²) in [7, 11) is 4.22. The maximum absolute atomic E-state index is 5.71. The van der Waals surface area contributed by atoms with Crippen LogP contribution in [-0.2, 0) is 15.9 Å². The lowest BCUT2D eigenvalue weighted by atomic mass is 9.97. The van der Waals surface area contributed by atoms with Gasteiger partial charge in [0.25, 0.3) is 0 Å². The van der Waals surface area contributed by atoms with Crippen molar-refractivity contribution in [1.29, 1.82) is 0 Å². The summed E-state index contributed by atoms with van der Waals surface area (Å²) in [5.41, 5.74) is 1.31. The van der Waals surface area contributed by atoms with Crippen molar-refractivity contribution in [3.8, 4) is 5.95 Å². The molecule has 31 heavy (non-hydrogen) atoms. The molecule has 0 radical (unpaired) electrons. The van der Waals surface area contributed by atoms with E-state index in [4.69, 9.17) is 9.47 Å². The van der Waals surface area contributed by atoms with Gasteiger partial charge < -0.3 is 19.3 Å². The third-order valence-corrected chi connectivity index (χ3v) is 6.07. The van der Waals surface area contributed by atoms with E-state index in [1.807, 2.05) is 16.8 Å². The average Bonchev–Trinajstić information content (AvgIpc) is 3.56. The van der Waals surface area contributed by atoms with Crippen LogP contribution < -0.4 is 4.90 Å². The van der Waals surface area contributed by atoms with E-state index in [1.54, 1.807) is 18.8 Å². The SMILES string of the molecule is CN(CCCN(C)c1nc(-n2ccnc2)ns1)CC(Cc1ccccc1)C1=COCO1. The van der Waals surface area contributed by atoms with Gasteiger partial charge in [0.2, 0.25) is 17.9 Å². The van der Waals surface area contributed by atoms with E-state index >= 15 is 0 Å². The van der Waals surface area contributed by atoms with Gasteiger partial charge in [-0.2, -0.15) is 9.36 Å². The number of hydrogen-bond donors (Lipinski definition) is 0. The number of imidazole rings is 1. The minimum absolute atomic E-state index is 0.272. The van der Waals surface area contributed by atoms with Crippen LogP contribution in [0.4, 0.5) is 5.13 Å². The maximum Gasteiger partial charge on any atom is 0.248 e. The van der Waals surface area contributed by atoms with Gasteiger partial charge in [0.15, 0.2) is 0 Å². The number of ether oxygens (including phenoxy) is 2. The minimum Gasteiger partial charge on any atom is -0.462 e. The fourth-order valence-corrected chi connectivity index (χ4v) is 4.26. The molecular formula is C22H28N6O2S. The zero-order valence-corrected chi connectivity index (χ0v) is 18.7. The third kappa shape index (κ3) is 5.83. The van der Waals surface area contributed by atoms with Crippen molar-refractivity contribution >= 4 is 16.7 Å². The van der Waals surface area contributed by atoms with Crippen LogP contribution in [-0.4, -0.2) is 64.3 Å². The molecule has 0 fully saturated rings. The highest BCUT2D eigenvalue weighted by Gasteiger charge is 2.22. The molecule has 9 heteroatoms. The van der Waals surface area contributed by atoms with Gasteiger partial charge in [0.05, 0.1) is 0 Å². The lowest BCUT2D eigenvalue weighted by Gasteiger charge is -2.25. The van der Waals surface area contributed by atoms with Crippen LogP contribution in [0.1, 0.15) is 12.0 Å². The lowest BCUT2D eigenvalue weighted by Crippen LogP contribution is -2.31. The van der Waals surface area contributed by atoms with E-state index in [-0.39, 0.29) is 5.92 Å². The highest BCUT2D eigenvalue weighted by molar-refractivity contribution is 7.09. The minimum atomic E-state index is 0.272. The number of rotatable bonds is 11. The molecule has 164 valence electrons. The normalized spacial score (nSPS) is 14.2. The van der Waals surface area contributed by atoms with E-state index < -0.39 is 0 Å². The Labute approximate surface area is 186 Å². The number of anilines is 1. The van der Waals surface area contributed by atoms with Crippen molar-refractivity contribution in [3.05, 3.63) is 66.6 Å². The lowest BCUT2D eigenvalue weighted by molar-refractivity contribution is 0.0672. The Balaban J connectivity index is 1.26. The zero-order chi connectivity index (χ0) is 21.5. The Morgan fingerprint density at radius 1 is 1.19 bits per heavy atom. The first-order valence-corrected chi connectivity index (χ1v) is 11.2. The Hall–Kier alpha value is -2.91. The van der Waals surface area contributed by atoms with Crippen molar-refractivity contribution in [2.75, 3.05) is 45.4 Å². The predicted molar refractivity (Wildman–Crippen MR) is 121 cm³/mol. The fourth-order valence-electron chi connectivity index (χ4n) is 3.61. The van der Waals surface area contributed by atoms with E-state index in [9.17, 15) is 0 Å². The van der Waals surface area contributed by atoms with Crippen molar-refractivity contribution < 1.29 is 9.47 Å². The molecule has 3 aromatic rings. The van der Waals surface area contributed by atoms with Gasteiger partial charge in [0.1, 0.15) is 18.3 Å². The molecule has 2 aromatic heterocycles. The fraction of sp³-hybridized carbons (Fsp3) is 0.409. The molecule has 1 aliphatic rings. The van der Waals surface area contributed by atoms with Gasteiger partial charge in [0, 0.05) is 50.0 Å². The number of aromatic nitrogens is 4. The highest BCUT2D eigenvalue weighted by atomic mass is 32.1. The second kappa shape index (κ2) is 10.4. The first-order chi connectivity index (χ1) is 15.2. The molecule has 0 amide bonds. The number of benzene rings is 1. The van der Waals surface area contributed by atoms with E-state index in [0.29, 0.717) is 12.7 Å². The van der Waals surface area contributed by atoms with Crippen LogP contribution in [0.15, 0.2) is 61.1 Å². The van der Waals surface area contributed by atoms with Crippen molar-refractivity contribution in [2.45, 2.75) is 12.8 Å². The smallest absolute Gasteiger partial charge is 0.248 e. The molecule has 0 aliphatic carbocycles. The first-order valence-electron chi connectivity index (χ1n) is 10.4. The monoisotopic (exact) mass is 440 g/mol. The maximum atomic E-state index is 5.71. The Morgan fingerprint density at radius 3 is 2.81 bits per heavy atom. The zero-order valence-electron chi connectivity index (χ0n) is 17.9. The standard InChI is InChI=1S/C22H28N6O2S/c1-26(14-19(20-15-29-17-30-20)13-18-7-4-3-5-8-18)10-6-11-27(2)22-24-21(25-31-22)28-12-9-23-16-28/h3-5,7-9,12,15-16,19H,6,10-11,13-14,17H2,1-2H3. The number of nitrogens with zero attached hydrogens (tertiary/aromatic N) is 6. The molecule has 1 aromatic carbocycles. The highest BCUT2D eigenvalue weighted by Crippen LogP contribution is 2.23. The van der Waals surface area contributed by atoms with Gasteiger partial charge in [-0.15, -0.1) is 0 Å². The van der Waals surface area contributed by atoms with Gasteiger partial charge in [-0.25, -0.2) is 4.98 Å². The van der Waals surface area contributed by atoms with E-state index in [2.05, 4.69) is 62.5 Å². The van der Waals surface area contributed by atoms with Gasteiger partial charge in [-0.05, 0) is 32.0 Å². The predicted octanol–water partition coefficient (Wildman–Crippen LogP) is 3.19. The summed E-state index contributed by atoms with van der Waals surface area (Å²) in [6.45, 7) is 3.13. The molecule has 0 bridgehead atoms. The topological polar surface area (TPSA) is 68.5 Å². The molecule has 1 aliphatic heterocycles. The molecular weight excluding hydrogens is 412 g/mol. The Bertz CT molecular complexity index is 960. The quantitative estimate of drug-likeness (QED) is 0.454. The summed E-state index contributed by atoms with van der Waals surface area (Å²) >= 11 is 1.41. The molecule has 0 spiro atoms. The van der Waals surface area contributed by atoms with Gasteiger partial charge >= 0.3 is 0 Å². The van der Waals surface area contributed by atoms with E-state index in [1.165, 1.54) is 17.1 Å². The summed E-state index contributed by atoms with van der Waals surface area (Å²) < 4.78 is 17.3. The van der Waals surface area contributed by atoms with Crippen molar-refractivity contribution in [2.24, 2.45) is 5.92 Å². The van der Waals surface area contributed by atoms with Crippen LogP contribution in [0.2, 0.25) is 0 Å². The van der Waals surface area contributed by atoms with Gasteiger partial charge in [-0.1, -0.05) is 30.3 Å². The van der Waals surface area contributed by atoms with Gasteiger partial charge in [-0.3, -0.25) is 4.57 Å². The van der Waals surface area contributed by atoms with Crippen LogP contribution in [0.25, 0.3) is 5.95 Å². The van der Waals surface area contributed by atoms with Crippen molar-refractivity contribution in [3.63, 3.8) is 0 Å². The average molecular weight is 441 g/mol. The molecule has 1 atom stereocenters. The Kier molecular flexibility index (Phi) is 7.16. The molecule has 0 saturated carbocycles. The summed E-state index contributed by atoms with van der Waals surface area (Å²) in [5.74, 6) is 1.87. The first kappa shape index (κ1) is 21.3. The molecule has 1 unspecified atom stereocenters. The second-order valence-electron chi connectivity index (χ2n) is 7.72. The molecule has 3 heterocycles. The Morgan fingerprint density at radius 2 is 2.06 bits per heavy atom. The molecule has 0 saturated heterocycles. The van der Waals surface area contributed by atoms with Crippen LogP contribution in [0.3, 0.4) is 0 Å². The van der Waals surface area contributed by atoms with Crippen LogP contribution >= 0.6 is 11.5 Å². The van der Waals surface area contributed by atoms with Crippen LogP contribution in [0.5, 0.6) is 0 Å². The molecule has 4 rings (SSSR count). The number of hydrogen-bond acceptors (Lipinski definition) is 8. The summed E-state index contributed by atoms with van der Waals surface area (Å²) in [4.78, 5) is 13.2. The summed E-state index contributed by atoms with van der Waals surface area (Å²) in [6.07, 6.45) is 9.01.